The van der Waals surface area contributed by atoms with Crippen LogP contribution in [0.25, 0.3) is 0 Å². The van der Waals surface area contributed by atoms with Gasteiger partial charge in [0.15, 0.2) is 0 Å². The van der Waals surface area contributed by atoms with Gasteiger partial charge in [0.1, 0.15) is 0 Å². The van der Waals surface area contributed by atoms with Crippen molar-refractivity contribution in [2.24, 2.45) is 5.73 Å². The highest BCUT2D eigenvalue weighted by molar-refractivity contribution is 9.10. The zero-order valence-electron chi connectivity index (χ0n) is 9.52. The number of hydrogen-bond donors (Lipinski definition) is 1. The van der Waals surface area contributed by atoms with Crippen molar-refractivity contribution >= 4 is 15.9 Å². The number of aryl methyl sites for hydroxylation is 1. The maximum absolute atomic E-state index is 12.0. The summed E-state index contributed by atoms with van der Waals surface area (Å²) in [6.45, 7) is 1.93. The molecule has 0 heterocycles. The van der Waals surface area contributed by atoms with Crippen molar-refractivity contribution in [3.63, 3.8) is 0 Å². The van der Waals surface area contributed by atoms with Crippen LogP contribution in [0.1, 0.15) is 36.4 Å². The standard InChI is InChI=1S/C12H15BrF3N/c1-8-7-9(4-5-10(8)13)11(17)3-2-6-12(14,15)16/h4-5,7,11H,2-3,6,17H2,1H3. The van der Waals surface area contributed by atoms with Gasteiger partial charge in [-0.05, 0) is 37.0 Å². The predicted octanol–water partition coefficient (Wildman–Crippen LogP) is 4.49. The van der Waals surface area contributed by atoms with Crippen molar-refractivity contribution in [3.8, 4) is 0 Å². The number of nitrogens with two attached hydrogens (primary N) is 1. The average molecular weight is 310 g/mol. The number of hydrogen-bond acceptors (Lipinski definition) is 1. The minimum Gasteiger partial charge on any atom is -0.324 e. The molecule has 0 aromatic heterocycles. The lowest BCUT2D eigenvalue weighted by atomic mass is 10.0. The van der Waals surface area contributed by atoms with E-state index in [9.17, 15) is 13.2 Å². The third kappa shape index (κ3) is 5.08. The van der Waals surface area contributed by atoms with Gasteiger partial charge in [0.25, 0.3) is 0 Å². The summed E-state index contributed by atoms with van der Waals surface area (Å²) in [7, 11) is 0. The van der Waals surface area contributed by atoms with E-state index in [1.165, 1.54) is 0 Å². The summed E-state index contributed by atoms with van der Waals surface area (Å²) in [5, 5.41) is 0. The van der Waals surface area contributed by atoms with Gasteiger partial charge in [-0.25, -0.2) is 0 Å². The van der Waals surface area contributed by atoms with Crippen molar-refractivity contribution in [2.45, 2.75) is 38.4 Å². The molecule has 0 aliphatic heterocycles. The smallest absolute Gasteiger partial charge is 0.324 e. The van der Waals surface area contributed by atoms with Crippen LogP contribution in [0.3, 0.4) is 0 Å². The summed E-state index contributed by atoms with van der Waals surface area (Å²) < 4.78 is 36.9. The second-order valence-electron chi connectivity index (χ2n) is 4.12. The number of alkyl halides is 3. The average Bonchev–Trinajstić information content (AvgIpc) is 2.20. The summed E-state index contributed by atoms with van der Waals surface area (Å²) >= 11 is 3.37. The number of halogens is 4. The maximum Gasteiger partial charge on any atom is 0.389 e. The summed E-state index contributed by atoms with van der Waals surface area (Å²) in [5.74, 6) is 0. The summed E-state index contributed by atoms with van der Waals surface area (Å²) in [6.07, 6.45) is -4.44. The molecule has 1 aromatic carbocycles. The van der Waals surface area contributed by atoms with Gasteiger partial charge in [-0.3, -0.25) is 0 Å². The van der Waals surface area contributed by atoms with Gasteiger partial charge in [0.2, 0.25) is 0 Å². The Morgan fingerprint density at radius 3 is 2.53 bits per heavy atom. The van der Waals surface area contributed by atoms with E-state index in [4.69, 9.17) is 5.73 Å². The predicted molar refractivity (Wildman–Crippen MR) is 65.7 cm³/mol. The second-order valence-corrected chi connectivity index (χ2v) is 4.98. The number of benzene rings is 1. The molecule has 0 spiro atoms. The zero-order chi connectivity index (χ0) is 13.1. The molecule has 1 nitrogen and oxygen atoms in total. The van der Waals surface area contributed by atoms with Crippen molar-refractivity contribution in [2.75, 3.05) is 0 Å². The molecular weight excluding hydrogens is 295 g/mol. The van der Waals surface area contributed by atoms with E-state index in [2.05, 4.69) is 15.9 Å². The van der Waals surface area contributed by atoms with E-state index in [-0.39, 0.29) is 12.5 Å². The molecule has 1 unspecified atom stereocenters. The van der Waals surface area contributed by atoms with E-state index < -0.39 is 12.6 Å². The summed E-state index contributed by atoms with van der Waals surface area (Å²) in [6, 6.07) is 5.29. The Labute approximate surface area is 107 Å². The first-order valence-corrected chi connectivity index (χ1v) is 6.17. The molecule has 1 aromatic rings. The SMILES string of the molecule is Cc1cc(C(N)CCCC(F)(F)F)ccc1Br. The molecule has 0 radical (unpaired) electrons. The Balaban J connectivity index is 2.52. The van der Waals surface area contributed by atoms with Crippen molar-refractivity contribution in [1.29, 1.82) is 0 Å². The first-order chi connectivity index (χ1) is 7.79. The highest BCUT2D eigenvalue weighted by Gasteiger charge is 2.26. The topological polar surface area (TPSA) is 26.0 Å². The molecule has 0 aliphatic rings. The molecule has 0 amide bonds. The summed E-state index contributed by atoms with van der Waals surface area (Å²) in [4.78, 5) is 0. The van der Waals surface area contributed by atoms with E-state index in [0.717, 1.165) is 15.6 Å². The van der Waals surface area contributed by atoms with E-state index in [1.807, 2.05) is 25.1 Å². The Kier molecular flexibility index (Phi) is 5.01. The Morgan fingerprint density at radius 2 is 2.00 bits per heavy atom. The lowest BCUT2D eigenvalue weighted by Crippen LogP contribution is -2.13. The van der Waals surface area contributed by atoms with Gasteiger partial charge in [0, 0.05) is 16.9 Å². The monoisotopic (exact) mass is 309 g/mol. The van der Waals surface area contributed by atoms with Crippen LogP contribution < -0.4 is 5.73 Å². The lowest BCUT2D eigenvalue weighted by molar-refractivity contribution is -0.135. The van der Waals surface area contributed by atoms with Crippen LogP contribution in [-0.2, 0) is 0 Å². The number of rotatable bonds is 4. The van der Waals surface area contributed by atoms with Crippen molar-refractivity contribution in [3.05, 3.63) is 33.8 Å². The van der Waals surface area contributed by atoms with Gasteiger partial charge in [-0.15, -0.1) is 0 Å². The fraction of sp³-hybridized carbons (Fsp3) is 0.500. The molecule has 2 N–H and O–H groups in total. The largest absolute Gasteiger partial charge is 0.389 e. The maximum atomic E-state index is 12.0. The molecule has 5 heteroatoms. The quantitative estimate of drug-likeness (QED) is 0.871. The van der Waals surface area contributed by atoms with Gasteiger partial charge >= 0.3 is 6.18 Å². The van der Waals surface area contributed by atoms with Crippen LogP contribution in [0.4, 0.5) is 13.2 Å². The molecule has 17 heavy (non-hydrogen) atoms. The molecule has 0 bridgehead atoms. The fourth-order valence-corrected chi connectivity index (χ4v) is 1.83. The minimum atomic E-state index is -4.09. The zero-order valence-corrected chi connectivity index (χ0v) is 11.1. The van der Waals surface area contributed by atoms with Gasteiger partial charge in [-0.2, -0.15) is 13.2 Å². The minimum absolute atomic E-state index is 0.0692. The van der Waals surface area contributed by atoms with Gasteiger partial charge in [0.05, 0.1) is 0 Å². The highest BCUT2D eigenvalue weighted by Crippen LogP contribution is 2.26. The van der Waals surface area contributed by atoms with E-state index in [0.29, 0.717) is 6.42 Å². The van der Waals surface area contributed by atoms with Crippen LogP contribution in [0.15, 0.2) is 22.7 Å². The molecule has 1 atom stereocenters. The van der Waals surface area contributed by atoms with Crippen molar-refractivity contribution < 1.29 is 13.2 Å². The third-order valence-corrected chi connectivity index (χ3v) is 3.48. The molecular formula is C12H15BrF3N. The molecule has 96 valence electrons. The van der Waals surface area contributed by atoms with Gasteiger partial charge < -0.3 is 5.73 Å². The third-order valence-electron chi connectivity index (χ3n) is 2.59. The second kappa shape index (κ2) is 5.87. The first-order valence-electron chi connectivity index (χ1n) is 5.38. The molecule has 0 fully saturated rings. The summed E-state index contributed by atoms with van der Waals surface area (Å²) in [5.41, 5.74) is 7.78. The van der Waals surface area contributed by atoms with E-state index >= 15 is 0 Å². The Bertz CT molecular complexity index is 377. The fourth-order valence-electron chi connectivity index (χ4n) is 1.59. The molecule has 1 rings (SSSR count). The van der Waals surface area contributed by atoms with Crippen LogP contribution in [0.2, 0.25) is 0 Å². The molecule has 0 saturated carbocycles. The Morgan fingerprint density at radius 1 is 1.35 bits per heavy atom. The van der Waals surface area contributed by atoms with Crippen LogP contribution in [-0.4, -0.2) is 6.18 Å². The van der Waals surface area contributed by atoms with Gasteiger partial charge in [-0.1, -0.05) is 28.1 Å². The lowest BCUT2D eigenvalue weighted by Gasteiger charge is -2.14. The van der Waals surface area contributed by atoms with Crippen LogP contribution in [0.5, 0.6) is 0 Å². The Hall–Kier alpha value is -0.550. The molecule has 0 aliphatic carbocycles. The van der Waals surface area contributed by atoms with Crippen molar-refractivity contribution in [1.82, 2.24) is 0 Å². The van der Waals surface area contributed by atoms with E-state index in [1.54, 1.807) is 0 Å². The molecule has 0 saturated heterocycles. The normalized spacial score (nSPS) is 13.8. The highest BCUT2D eigenvalue weighted by atomic mass is 79.9. The first kappa shape index (κ1) is 14.5. The van der Waals surface area contributed by atoms with Crippen LogP contribution >= 0.6 is 15.9 Å². The van der Waals surface area contributed by atoms with Crippen LogP contribution in [0, 0.1) is 6.92 Å².